The maximum atomic E-state index is 13.5. The van der Waals surface area contributed by atoms with Gasteiger partial charge in [-0.15, -0.1) is 0 Å². The molecule has 2 aliphatic heterocycles. The fraction of sp³-hybridized carbons (Fsp3) is 0.185. The molecule has 0 aliphatic carbocycles. The van der Waals surface area contributed by atoms with Gasteiger partial charge in [-0.2, -0.15) is 0 Å². The summed E-state index contributed by atoms with van der Waals surface area (Å²) in [7, 11) is 0. The molecule has 0 fully saturated rings. The van der Waals surface area contributed by atoms with Gasteiger partial charge in [0.1, 0.15) is 12.4 Å². The van der Waals surface area contributed by atoms with Crippen LogP contribution in [-0.4, -0.2) is 26.6 Å². The molecule has 0 saturated carbocycles. The van der Waals surface area contributed by atoms with E-state index in [4.69, 9.17) is 14.5 Å². The van der Waals surface area contributed by atoms with Crippen LogP contribution < -0.4 is 5.56 Å². The monoisotopic (exact) mass is 468 g/mol. The highest BCUT2D eigenvalue weighted by Gasteiger charge is 2.50. The number of phenolic OH excluding ortho intramolecular Hbond substituents is 1. The quantitative estimate of drug-likeness (QED) is 0.403. The Kier molecular flexibility index (Phi) is 4.54. The van der Waals surface area contributed by atoms with Gasteiger partial charge in [0, 0.05) is 16.5 Å². The molecule has 4 aromatic rings. The summed E-state index contributed by atoms with van der Waals surface area (Å²) in [5.41, 5.74) is 1.47. The van der Waals surface area contributed by atoms with Gasteiger partial charge in [0.05, 0.1) is 34.6 Å². The summed E-state index contributed by atoms with van der Waals surface area (Å²) in [5.74, 6) is -1.66. The smallest absolute Gasteiger partial charge is 0.355 e. The van der Waals surface area contributed by atoms with E-state index in [2.05, 4.69) is 0 Å². The largest absolute Gasteiger partial charge is 0.508 e. The van der Waals surface area contributed by atoms with Crippen molar-refractivity contribution >= 4 is 22.8 Å². The van der Waals surface area contributed by atoms with E-state index in [1.807, 2.05) is 30.3 Å². The Morgan fingerprint density at radius 3 is 2.77 bits per heavy atom. The third kappa shape index (κ3) is 3.06. The van der Waals surface area contributed by atoms with Crippen molar-refractivity contribution in [1.29, 1.82) is 0 Å². The number of fused-ring (bicyclic) bond motifs is 5. The lowest BCUT2D eigenvalue weighted by atomic mass is 9.85. The number of cyclic esters (lactones) is 1. The minimum atomic E-state index is -1.80. The summed E-state index contributed by atoms with van der Waals surface area (Å²) < 4.78 is 12.8. The lowest BCUT2D eigenvalue weighted by Gasteiger charge is -2.35. The van der Waals surface area contributed by atoms with Gasteiger partial charge < -0.3 is 19.1 Å². The van der Waals surface area contributed by atoms with Gasteiger partial charge in [0.2, 0.25) is 5.60 Å². The number of phenols is 1. The molecular weight excluding hydrogens is 448 g/mol. The molecule has 2 aromatic carbocycles. The van der Waals surface area contributed by atoms with Crippen LogP contribution in [0.25, 0.3) is 22.3 Å². The Labute approximate surface area is 199 Å². The number of pyridine rings is 2. The first kappa shape index (κ1) is 21.1. The minimum Gasteiger partial charge on any atom is -0.508 e. The predicted molar refractivity (Wildman–Crippen MR) is 126 cm³/mol. The van der Waals surface area contributed by atoms with Gasteiger partial charge in [0.25, 0.3) is 5.56 Å². The lowest BCUT2D eigenvalue weighted by Crippen LogP contribution is -2.47. The average molecular weight is 468 g/mol. The van der Waals surface area contributed by atoms with Crippen LogP contribution in [0.2, 0.25) is 0 Å². The van der Waals surface area contributed by atoms with E-state index in [1.165, 1.54) is 24.3 Å². The van der Waals surface area contributed by atoms with Crippen LogP contribution in [0.4, 0.5) is 0 Å². The molecule has 0 amide bonds. The number of ether oxygens (including phenoxy) is 2. The van der Waals surface area contributed by atoms with Crippen molar-refractivity contribution in [3.05, 3.63) is 93.3 Å². The highest BCUT2D eigenvalue weighted by Crippen LogP contribution is 2.41. The molecule has 2 aromatic heterocycles. The summed E-state index contributed by atoms with van der Waals surface area (Å²) in [4.78, 5) is 44.4. The van der Waals surface area contributed by atoms with Crippen LogP contribution in [0.15, 0.2) is 65.5 Å². The second-order valence-electron chi connectivity index (χ2n) is 8.70. The second kappa shape index (κ2) is 7.53. The minimum absolute atomic E-state index is 0.0598. The molecule has 1 N–H and O–H groups in total. The number of carbonyl (C=O) groups is 2. The van der Waals surface area contributed by atoms with Gasteiger partial charge in [-0.3, -0.25) is 4.79 Å². The van der Waals surface area contributed by atoms with Crippen molar-refractivity contribution in [3.8, 4) is 17.1 Å². The molecule has 0 bridgehead atoms. The number of aromatic nitrogens is 2. The molecular formula is C27H20N2O6. The maximum Gasteiger partial charge on any atom is 0.355 e. The third-order valence-corrected chi connectivity index (χ3v) is 6.73. The summed E-state index contributed by atoms with van der Waals surface area (Å²) >= 11 is 0. The Bertz CT molecular complexity index is 1620. The van der Waals surface area contributed by atoms with Crippen molar-refractivity contribution in [2.24, 2.45) is 0 Å². The van der Waals surface area contributed by atoms with Crippen LogP contribution in [0, 0.1) is 0 Å². The number of rotatable bonds is 3. The highest BCUT2D eigenvalue weighted by atomic mass is 16.6. The van der Waals surface area contributed by atoms with Gasteiger partial charge >= 0.3 is 11.9 Å². The first-order chi connectivity index (χ1) is 16.9. The van der Waals surface area contributed by atoms with Crippen LogP contribution in [0.1, 0.15) is 40.4 Å². The molecule has 2 aliphatic rings. The molecule has 8 nitrogen and oxygen atoms in total. The van der Waals surface area contributed by atoms with Gasteiger partial charge in [0.15, 0.2) is 0 Å². The molecule has 8 heteroatoms. The number of para-hydroxylation sites is 1. The third-order valence-electron chi connectivity index (χ3n) is 6.73. The summed E-state index contributed by atoms with van der Waals surface area (Å²) in [6.45, 7) is 1.84. The standard InChI is InChI=1S/C27H20N2O6/c1-2-27(35-25(32)16-7-5-8-18(30)11-16)20-12-22-23-17(10-15-6-3-4-9-21(15)28-23)13-29(22)24(31)19(20)14-34-26(27)33/h3-12,30H,2,13-14H2,1H3/t27-/m0/s1. The number of aromatic hydroxyl groups is 1. The van der Waals surface area contributed by atoms with E-state index in [0.29, 0.717) is 23.5 Å². The Balaban J connectivity index is 1.53. The predicted octanol–water partition coefficient (Wildman–Crippen LogP) is 3.65. The molecule has 174 valence electrons. The first-order valence-corrected chi connectivity index (χ1v) is 11.3. The van der Waals surface area contributed by atoms with Gasteiger partial charge in [-0.1, -0.05) is 31.2 Å². The Hall–Kier alpha value is -4.46. The van der Waals surface area contributed by atoms with Crippen molar-refractivity contribution in [1.82, 2.24) is 9.55 Å². The lowest BCUT2D eigenvalue weighted by molar-refractivity contribution is -0.173. The molecule has 1 atom stereocenters. The van der Waals surface area contributed by atoms with E-state index >= 15 is 0 Å². The van der Waals surface area contributed by atoms with E-state index in [1.54, 1.807) is 17.6 Å². The topological polar surface area (TPSA) is 108 Å². The van der Waals surface area contributed by atoms with Crippen molar-refractivity contribution in [3.63, 3.8) is 0 Å². The molecule has 35 heavy (non-hydrogen) atoms. The summed E-state index contributed by atoms with van der Waals surface area (Å²) in [6.07, 6.45) is 0.0598. The summed E-state index contributed by atoms with van der Waals surface area (Å²) in [5, 5.41) is 10.7. The van der Waals surface area contributed by atoms with Crippen LogP contribution in [0.5, 0.6) is 5.75 Å². The fourth-order valence-electron chi connectivity index (χ4n) is 4.93. The molecule has 4 heterocycles. The number of benzene rings is 2. The van der Waals surface area contributed by atoms with E-state index in [0.717, 1.165) is 16.5 Å². The molecule has 0 spiro atoms. The van der Waals surface area contributed by atoms with Crippen molar-refractivity contribution < 1.29 is 24.2 Å². The van der Waals surface area contributed by atoms with Gasteiger partial charge in [-0.25, -0.2) is 14.6 Å². The molecule has 0 saturated heterocycles. The van der Waals surface area contributed by atoms with Crippen molar-refractivity contribution in [2.45, 2.75) is 32.1 Å². The highest BCUT2D eigenvalue weighted by molar-refractivity contribution is 5.94. The number of hydrogen-bond donors (Lipinski definition) is 1. The zero-order valence-electron chi connectivity index (χ0n) is 18.8. The summed E-state index contributed by atoms with van der Waals surface area (Å²) in [6, 6.07) is 17.1. The first-order valence-electron chi connectivity index (χ1n) is 11.3. The Morgan fingerprint density at radius 2 is 1.97 bits per heavy atom. The second-order valence-corrected chi connectivity index (χ2v) is 8.70. The van der Waals surface area contributed by atoms with Crippen LogP contribution >= 0.6 is 0 Å². The van der Waals surface area contributed by atoms with Crippen LogP contribution in [0.3, 0.4) is 0 Å². The fourth-order valence-corrected chi connectivity index (χ4v) is 4.93. The molecule has 0 radical (unpaired) electrons. The van der Waals surface area contributed by atoms with E-state index in [9.17, 15) is 19.5 Å². The average Bonchev–Trinajstić information content (AvgIpc) is 3.22. The normalized spacial score (nSPS) is 17.9. The van der Waals surface area contributed by atoms with E-state index in [-0.39, 0.29) is 35.5 Å². The number of hydrogen-bond acceptors (Lipinski definition) is 7. The maximum absolute atomic E-state index is 13.5. The number of esters is 2. The molecule has 6 rings (SSSR count). The zero-order valence-corrected chi connectivity index (χ0v) is 18.8. The number of carbonyl (C=O) groups excluding carboxylic acids is 2. The van der Waals surface area contributed by atoms with E-state index < -0.39 is 17.5 Å². The van der Waals surface area contributed by atoms with Crippen molar-refractivity contribution in [2.75, 3.05) is 0 Å². The number of nitrogens with zero attached hydrogens (tertiary/aromatic N) is 2. The van der Waals surface area contributed by atoms with Crippen LogP contribution in [-0.2, 0) is 33.0 Å². The van der Waals surface area contributed by atoms with Gasteiger partial charge in [-0.05, 0) is 42.8 Å². The zero-order chi connectivity index (χ0) is 24.3. The molecule has 0 unspecified atom stereocenters. The Morgan fingerprint density at radius 1 is 1.14 bits per heavy atom. The SMILES string of the molecule is CC[C@@]1(OC(=O)c2cccc(O)c2)C(=O)OCc2c1cc1n(c2=O)Cc2cc3ccccc3nc2-1.